The van der Waals surface area contributed by atoms with E-state index < -0.39 is 4.92 Å². The second-order valence-electron chi connectivity index (χ2n) is 4.18. The van der Waals surface area contributed by atoms with Crippen molar-refractivity contribution in [3.8, 4) is 0 Å². The lowest BCUT2D eigenvalue weighted by molar-refractivity contribution is -0.389. The fourth-order valence-electron chi connectivity index (χ4n) is 2.03. The third kappa shape index (κ3) is 3.02. The minimum absolute atomic E-state index is 0.0321. The van der Waals surface area contributed by atoms with Crippen LogP contribution in [0.1, 0.15) is 25.7 Å². The molecule has 1 aliphatic rings. The molecule has 0 spiro atoms. The third-order valence-electron chi connectivity index (χ3n) is 2.84. The molecular formula is C10H14N4O3. The predicted octanol–water partition coefficient (Wildman–Crippen LogP) is 0.850. The van der Waals surface area contributed by atoms with Gasteiger partial charge in [-0.25, -0.2) is 0 Å². The van der Waals surface area contributed by atoms with E-state index in [1.807, 2.05) is 0 Å². The first kappa shape index (κ1) is 11.6. The summed E-state index contributed by atoms with van der Waals surface area (Å²) in [4.78, 5) is 21.4. The SMILES string of the molecule is O=C(Cn1ccc([N+](=O)[O-])n1)NC1CCCC1. The van der Waals surface area contributed by atoms with Gasteiger partial charge in [-0.1, -0.05) is 12.8 Å². The molecule has 0 aliphatic heterocycles. The molecule has 92 valence electrons. The van der Waals surface area contributed by atoms with Crippen molar-refractivity contribution in [2.45, 2.75) is 38.3 Å². The normalized spacial score (nSPS) is 16.0. The molecule has 0 aromatic carbocycles. The van der Waals surface area contributed by atoms with Crippen molar-refractivity contribution in [3.63, 3.8) is 0 Å². The molecule has 1 heterocycles. The molecule has 0 atom stereocenters. The lowest BCUT2D eigenvalue weighted by Crippen LogP contribution is -2.35. The highest BCUT2D eigenvalue weighted by atomic mass is 16.6. The van der Waals surface area contributed by atoms with Crippen LogP contribution in [0.5, 0.6) is 0 Å². The lowest BCUT2D eigenvalue weighted by Gasteiger charge is -2.10. The van der Waals surface area contributed by atoms with Crippen LogP contribution in [0.3, 0.4) is 0 Å². The summed E-state index contributed by atoms with van der Waals surface area (Å²) in [7, 11) is 0. The van der Waals surface area contributed by atoms with E-state index >= 15 is 0 Å². The lowest BCUT2D eigenvalue weighted by atomic mass is 10.2. The van der Waals surface area contributed by atoms with E-state index in [2.05, 4.69) is 10.4 Å². The Bertz CT molecular complexity index is 423. The summed E-state index contributed by atoms with van der Waals surface area (Å²) in [5.41, 5.74) is 0. The Hall–Kier alpha value is -1.92. The van der Waals surface area contributed by atoms with E-state index in [1.54, 1.807) is 0 Å². The summed E-state index contributed by atoms with van der Waals surface area (Å²) in [6, 6.07) is 1.54. The highest BCUT2D eigenvalue weighted by molar-refractivity contribution is 5.76. The topological polar surface area (TPSA) is 90.1 Å². The van der Waals surface area contributed by atoms with Gasteiger partial charge in [-0.2, -0.15) is 4.68 Å². The molecule has 2 rings (SSSR count). The minimum Gasteiger partial charge on any atom is -0.358 e. The van der Waals surface area contributed by atoms with Gasteiger partial charge in [0.25, 0.3) is 0 Å². The highest BCUT2D eigenvalue weighted by Gasteiger charge is 2.18. The zero-order valence-electron chi connectivity index (χ0n) is 9.33. The second-order valence-corrected chi connectivity index (χ2v) is 4.18. The Morgan fingerprint density at radius 1 is 1.59 bits per heavy atom. The number of nitrogens with zero attached hydrogens (tertiary/aromatic N) is 3. The zero-order valence-corrected chi connectivity index (χ0v) is 9.33. The van der Waals surface area contributed by atoms with Gasteiger partial charge < -0.3 is 15.4 Å². The van der Waals surface area contributed by atoms with Gasteiger partial charge in [-0.3, -0.25) is 4.79 Å². The first-order valence-corrected chi connectivity index (χ1v) is 5.62. The summed E-state index contributed by atoms with van der Waals surface area (Å²) in [6.07, 6.45) is 5.78. The fourth-order valence-corrected chi connectivity index (χ4v) is 2.03. The minimum atomic E-state index is -0.578. The van der Waals surface area contributed by atoms with Crippen molar-refractivity contribution in [2.24, 2.45) is 0 Å². The smallest absolute Gasteiger partial charge is 0.358 e. The maximum absolute atomic E-state index is 11.6. The van der Waals surface area contributed by atoms with Gasteiger partial charge in [-0.15, -0.1) is 0 Å². The van der Waals surface area contributed by atoms with E-state index in [0.717, 1.165) is 25.7 Å². The van der Waals surface area contributed by atoms with Gasteiger partial charge in [0.05, 0.1) is 17.4 Å². The van der Waals surface area contributed by atoms with E-state index in [9.17, 15) is 14.9 Å². The van der Waals surface area contributed by atoms with Crippen LogP contribution in [0, 0.1) is 10.1 Å². The van der Waals surface area contributed by atoms with Crippen LogP contribution in [0.15, 0.2) is 12.3 Å². The van der Waals surface area contributed by atoms with Crippen LogP contribution >= 0.6 is 0 Å². The molecule has 0 unspecified atom stereocenters. The average molecular weight is 238 g/mol. The van der Waals surface area contributed by atoms with E-state index in [0.29, 0.717) is 0 Å². The van der Waals surface area contributed by atoms with Crippen LogP contribution in [0.4, 0.5) is 5.82 Å². The van der Waals surface area contributed by atoms with Crippen molar-refractivity contribution in [2.75, 3.05) is 0 Å². The number of hydrogen-bond donors (Lipinski definition) is 1. The van der Waals surface area contributed by atoms with Gasteiger partial charge >= 0.3 is 5.82 Å². The molecule has 0 radical (unpaired) electrons. The summed E-state index contributed by atoms with van der Waals surface area (Å²) in [5.74, 6) is -0.381. The second kappa shape index (κ2) is 4.94. The number of carbonyl (C=O) groups is 1. The van der Waals surface area contributed by atoms with Crippen LogP contribution < -0.4 is 5.32 Å². The van der Waals surface area contributed by atoms with Crippen molar-refractivity contribution >= 4 is 11.7 Å². The largest absolute Gasteiger partial charge is 0.389 e. The molecule has 1 aliphatic carbocycles. The van der Waals surface area contributed by atoms with Gasteiger partial charge in [-0.05, 0) is 17.8 Å². The highest BCUT2D eigenvalue weighted by Crippen LogP contribution is 2.17. The van der Waals surface area contributed by atoms with Gasteiger partial charge in [0.15, 0.2) is 0 Å². The maximum atomic E-state index is 11.6. The third-order valence-corrected chi connectivity index (χ3v) is 2.84. The summed E-state index contributed by atoms with van der Waals surface area (Å²) < 4.78 is 1.28. The number of carbonyl (C=O) groups excluding carboxylic acids is 1. The standard InChI is InChI=1S/C10H14N4O3/c15-10(11-8-3-1-2-4-8)7-13-6-5-9(12-13)14(16)17/h5-6,8H,1-4,7H2,(H,11,15). The van der Waals surface area contributed by atoms with Crippen molar-refractivity contribution in [3.05, 3.63) is 22.4 Å². The summed E-state index contributed by atoms with van der Waals surface area (Å²) in [6.45, 7) is 0.0321. The zero-order chi connectivity index (χ0) is 12.3. The van der Waals surface area contributed by atoms with E-state index in [4.69, 9.17) is 0 Å². The van der Waals surface area contributed by atoms with E-state index in [-0.39, 0.29) is 24.3 Å². The number of hydrogen-bond acceptors (Lipinski definition) is 4. The maximum Gasteiger partial charge on any atom is 0.389 e. The van der Waals surface area contributed by atoms with Crippen molar-refractivity contribution < 1.29 is 9.72 Å². The molecule has 0 bridgehead atoms. The molecule has 0 saturated heterocycles. The van der Waals surface area contributed by atoms with Crippen LogP contribution in [0.2, 0.25) is 0 Å². The van der Waals surface area contributed by atoms with Crippen molar-refractivity contribution in [1.82, 2.24) is 15.1 Å². The molecule has 17 heavy (non-hydrogen) atoms. The molecular weight excluding hydrogens is 224 g/mol. The molecule has 1 saturated carbocycles. The van der Waals surface area contributed by atoms with Crippen LogP contribution in [0.25, 0.3) is 0 Å². The Morgan fingerprint density at radius 2 is 2.29 bits per heavy atom. The molecule has 1 N–H and O–H groups in total. The van der Waals surface area contributed by atoms with Gasteiger partial charge in [0.2, 0.25) is 5.91 Å². The number of amides is 1. The Balaban J connectivity index is 1.86. The van der Waals surface area contributed by atoms with Gasteiger partial charge in [0, 0.05) is 6.04 Å². The Kier molecular flexibility index (Phi) is 3.36. The first-order chi connectivity index (χ1) is 8.15. The summed E-state index contributed by atoms with van der Waals surface area (Å²) >= 11 is 0. The average Bonchev–Trinajstić information content (AvgIpc) is 2.88. The molecule has 7 heteroatoms. The summed E-state index contributed by atoms with van der Waals surface area (Å²) in [5, 5.41) is 17.0. The Labute approximate surface area is 98.0 Å². The molecule has 1 amide bonds. The molecule has 1 aromatic rings. The number of nitrogens with one attached hydrogen (secondary N) is 1. The number of rotatable bonds is 4. The number of aromatic nitrogens is 2. The first-order valence-electron chi connectivity index (χ1n) is 5.62. The molecule has 7 nitrogen and oxygen atoms in total. The number of nitro groups is 1. The molecule has 1 aromatic heterocycles. The molecule has 1 fully saturated rings. The predicted molar refractivity (Wildman–Crippen MR) is 59.3 cm³/mol. The van der Waals surface area contributed by atoms with Gasteiger partial charge in [0.1, 0.15) is 6.54 Å². The van der Waals surface area contributed by atoms with E-state index in [1.165, 1.54) is 16.9 Å². The van der Waals surface area contributed by atoms with Crippen LogP contribution in [-0.2, 0) is 11.3 Å². The fraction of sp³-hybridized carbons (Fsp3) is 0.600. The Morgan fingerprint density at radius 3 is 2.88 bits per heavy atom. The monoisotopic (exact) mass is 238 g/mol. The van der Waals surface area contributed by atoms with Crippen LogP contribution in [-0.4, -0.2) is 26.7 Å². The van der Waals surface area contributed by atoms with Crippen molar-refractivity contribution in [1.29, 1.82) is 0 Å². The quantitative estimate of drug-likeness (QED) is 0.622.